The van der Waals surface area contributed by atoms with Crippen molar-refractivity contribution in [2.45, 2.75) is 24.9 Å². The Kier molecular flexibility index (Phi) is 4.77. The number of nitrogens with zero attached hydrogens (tertiary/aromatic N) is 1. The van der Waals surface area contributed by atoms with Gasteiger partial charge in [-0.15, -0.1) is 11.3 Å². The van der Waals surface area contributed by atoms with Crippen LogP contribution in [0, 0.1) is 6.92 Å². The van der Waals surface area contributed by atoms with Crippen LogP contribution in [0.1, 0.15) is 16.1 Å². The van der Waals surface area contributed by atoms with Gasteiger partial charge in [-0.2, -0.15) is 0 Å². The van der Waals surface area contributed by atoms with E-state index in [1.54, 1.807) is 11.6 Å². The first-order valence-corrected chi connectivity index (χ1v) is 8.55. The molecule has 0 saturated carbocycles. The third-order valence-electron chi connectivity index (χ3n) is 2.79. The fraction of sp³-hybridized carbons (Fsp3) is 0.250. The van der Waals surface area contributed by atoms with Gasteiger partial charge in [-0.05, 0) is 24.6 Å². The number of nitrogens with one attached hydrogen (secondary N) is 1. The number of sulfonamides is 1. The predicted molar refractivity (Wildman–Crippen MR) is 80.2 cm³/mol. The van der Waals surface area contributed by atoms with Crippen LogP contribution in [-0.2, 0) is 23.1 Å². The Morgan fingerprint density at radius 3 is 2.80 bits per heavy atom. The minimum Gasteiger partial charge on any atom is -0.326 e. The van der Waals surface area contributed by atoms with Crippen molar-refractivity contribution in [2.75, 3.05) is 0 Å². The molecule has 0 fully saturated rings. The third-order valence-corrected chi connectivity index (χ3v) is 5.61. The van der Waals surface area contributed by atoms with Crippen LogP contribution < -0.4 is 10.5 Å². The van der Waals surface area contributed by atoms with E-state index in [9.17, 15) is 8.42 Å². The van der Waals surface area contributed by atoms with Crippen molar-refractivity contribution >= 4 is 33.0 Å². The molecule has 0 radical (unpaired) electrons. The fourth-order valence-electron chi connectivity index (χ4n) is 1.61. The number of hydrogen-bond acceptors (Lipinski definition) is 5. The van der Waals surface area contributed by atoms with Crippen LogP contribution in [0.3, 0.4) is 0 Å². The molecule has 0 bridgehead atoms. The van der Waals surface area contributed by atoms with Crippen LogP contribution in [0.2, 0.25) is 5.02 Å². The predicted octanol–water partition coefficient (Wildman–Crippen LogP) is 2.04. The van der Waals surface area contributed by atoms with Crippen LogP contribution in [0.25, 0.3) is 0 Å². The Morgan fingerprint density at radius 1 is 1.45 bits per heavy atom. The largest absolute Gasteiger partial charge is 0.326 e. The molecule has 0 unspecified atom stereocenters. The van der Waals surface area contributed by atoms with Gasteiger partial charge in [0.2, 0.25) is 10.0 Å². The molecule has 0 amide bonds. The first kappa shape index (κ1) is 15.4. The number of nitrogens with two attached hydrogens (primary N) is 1. The van der Waals surface area contributed by atoms with Gasteiger partial charge in [0.1, 0.15) is 4.90 Å². The molecule has 1 aromatic heterocycles. The van der Waals surface area contributed by atoms with E-state index < -0.39 is 10.0 Å². The number of benzene rings is 1. The van der Waals surface area contributed by atoms with Crippen molar-refractivity contribution < 1.29 is 8.42 Å². The maximum Gasteiger partial charge on any atom is 0.242 e. The fourth-order valence-corrected chi connectivity index (χ4v) is 3.97. The summed E-state index contributed by atoms with van der Waals surface area (Å²) >= 11 is 7.37. The van der Waals surface area contributed by atoms with Crippen LogP contribution in [0.15, 0.2) is 28.6 Å². The average Bonchev–Trinajstić information content (AvgIpc) is 2.82. The molecule has 0 spiro atoms. The number of rotatable bonds is 5. The van der Waals surface area contributed by atoms with Gasteiger partial charge in [-0.25, -0.2) is 18.1 Å². The van der Waals surface area contributed by atoms with E-state index in [4.69, 9.17) is 17.3 Å². The molecule has 2 aromatic rings. The summed E-state index contributed by atoms with van der Waals surface area (Å²) in [5.41, 5.74) is 8.73. The van der Waals surface area contributed by atoms with Crippen molar-refractivity contribution in [3.05, 3.63) is 44.9 Å². The first-order valence-electron chi connectivity index (χ1n) is 5.81. The minimum atomic E-state index is -3.67. The maximum atomic E-state index is 12.3. The standard InChI is InChI=1S/C12H14ClN3O2S2/c1-8-11(19-7-15-8)6-16-20(17,18)12-4-9(5-14)2-3-10(12)13/h2-4,7,16H,5-6,14H2,1H3. The molecule has 0 aliphatic rings. The lowest BCUT2D eigenvalue weighted by atomic mass is 10.2. The summed E-state index contributed by atoms with van der Waals surface area (Å²) in [6, 6.07) is 4.73. The van der Waals surface area contributed by atoms with E-state index in [-0.39, 0.29) is 23.0 Å². The number of thiazole rings is 1. The van der Waals surface area contributed by atoms with Crippen molar-refractivity contribution in [2.24, 2.45) is 5.73 Å². The van der Waals surface area contributed by atoms with E-state index >= 15 is 0 Å². The SMILES string of the molecule is Cc1ncsc1CNS(=O)(=O)c1cc(CN)ccc1Cl. The highest BCUT2D eigenvalue weighted by atomic mass is 35.5. The van der Waals surface area contributed by atoms with Crippen molar-refractivity contribution in [1.82, 2.24) is 9.71 Å². The molecular weight excluding hydrogens is 318 g/mol. The highest BCUT2D eigenvalue weighted by Gasteiger charge is 2.18. The van der Waals surface area contributed by atoms with Gasteiger partial charge in [-0.1, -0.05) is 17.7 Å². The Bertz CT molecular complexity index is 713. The molecule has 1 aromatic carbocycles. The van der Waals surface area contributed by atoms with Gasteiger partial charge in [0.05, 0.1) is 16.2 Å². The van der Waals surface area contributed by atoms with E-state index in [0.29, 0.717) is 5.56 Å². The maximum absolute atomic E-state index is 12.3. The normalized spacial score (nSPS) is 11.8. The Morgan fingerprint density at radius 2 is 2.20 bits per heavy atom. The van der Waals surface area contributed by atoms with Crippen LogP contribution in [0.4, 0.5) is 0 Å². The average molecular weight is 332 g/mol. The molecule has 2 rings (SSSR count). The van der Waals surface area contributed by atoms with Gasteiger partial charge in [-0.3, -0.25) is 0 Å². The van der Waals surface area contributed by atoms with Gasteiger partial charge in [0.15, 0.2) is 0 Å². The molecule has 3 N–H and O–H groups in total. The van der Waals surface area contributed by atoms with Crippen molar-refractivity contribution in [3.8, 4) is 0 Å². The Hall–Kier alpha value is -0.990. The second kappa shape index (κ2) is 6.19. The summed E-state index contributed by atoms with van der Waals surface area (Å²) in [4.78, 5) is 5.00. The first-order chi connectivity index (χ1) is 9.44. The van der Waals surface area contributed by atoms with E-state index in [1.165, 1.54) is 23.5 Å². The second-order valence-corrected chi connectivity index (χ2v) is 7.24. The lowest BCUT2D eigenvalue weighted by Crippen LogP contribution is -2.23. The number of halogens is 1. The lowest BCUT2D eigenvalue weighted by molar-refractivity contribution is 0.581. The molecule has 0 saturated heterocycles. The smallest absolute Gasteiger partial charge is 0.242 e. The van der Waals surface area contributed by atoms with Crippen molar-refractivity contribution in [1.29, 1.82) is 0 Å². The number of hydrogen-bond donors (Lipinski definition) is 2. The molecular formula is C12H14ClN3O2S2. The molecule has 0 aliphatic heterocycles. The monoisotopic (exact) mass is 331 g/mol. The highest BCUT2D eigenvalue weighted by molar-refractivity contribution is 7.89. The molecule has 20 heavy (non-hydrogen) atoms. The molecule has 1 heterocycles. The van der Waals surface area contributed by atoms with Crippen molar-refractivity contribution in [3.63, 3.8) is 0 Å². The molecule has 108 valence electrons. The summed E-state index contributed by atoms with van der Waals surface area (Å²) in [5.74, 6) is 0. The zero-order valence-electron chi connectivity index (χ0n) is 10.8. The van der Waals surface area contributed by atoms with E-state index in [2.05, 4.69) is 9.71 Å². The molecule has 0 aliphatic carbocycles. The molecule has 8 heteroatoms. The second-order valence-electron chi connectivity index (χ2n) is 4.15. The summed E-state index contributed by atoms with van der Waals surface area (Å²) in [5, 5.41) is 0.177. The Labute approximate surface area is 126 Å². The minimum absolute atomic E-state index is 0.0456. The zero-order chi connectivity index (χ0) is 14.8. The van der Waals surface area contributed by atoms with Crippen LogP contribution >= 0.6 is 22.9 Å². The highest BCUT2D eigenvalue weighted by Crippen LogP contribution is 2.23. The van der Waals surface area contributed by atoms with E-state index in [1.807, 2.05) is 6.92 Å². The van der Waals surface area contributed by atoms with Gasteiger partial charge in [0, 0.05) is 18.0 Å². The van der Waals surface area contributed by atoms with Gasteiger partial charge >= 0.3 is 0 Å². The number of aryl methyl sites for hydroxylation is 1. The topological polar surface area (TPSA) is 85.1 Å². The Balaban J connectivity index is 2.24. The lowest BCUT2D eigenvalue weighted by Gasteiger charge is -2.09. The third kappa shape index (κ3) is 3.36. The van der Waals surface area contributed by atoms with Gasteiger partial charge in [0.25, 0.3) is 0 Å². The number of aromatic nitrogens is 1. The van der Waals surface area contributed by atoms with Crippen LogP contribution in [-0.4, -0.2) is 13.4 Å². The summed E-state index contributed by atoms with van der Waals surface area (Å²) in [6.45, 7) is 2.29. The van der Waals surface area contributed by atoms with E-state index in [0.717, 1.165) is 10.6 Å². The summed E-state index contributed by atoms with van der Waals surface area (Å²) in [6.07, 6.45) is 0. The van der Waals surface area contributed by atoms with Gasteiger partial charge < -0.3 is 5.73 Å². The molecule has 0 atom stereocenters. The zero-order valence-corrected chi connectivity index (χ0v) is 13.1. The van der Waals surface area contributed by atoms with Crippen LogP contribution in [0.5, 0.6) is 0 Å². The summed E-state index contributed by atoms with van der Waals surface area (Å²) < 4.78 is 27.1. The summed E-state index contributed by atoms with van der Waals surface area (Å²) in [7, 11) is -3.67. The molecule has 5 nitrogen and oxygen atoms in total. The quantitative estimate of drug-likeness (QED) is 0.878.